The van der Waals surface area contributed by atoms with Crippen molar-refractivity contribution < 1.29 is 23.9 Å². The Morgan fingerprint density at radius 3 is 2.05 bits per heavy atom. The molecule has 11 heteroatoms. The van der Waals surface area contributed by atoms with E-state index in [0.717, 1.165) is 18.8 Å². The monoisotopic (exact) mass is 591 g/mol. The van der Waals surface area contributed by atoms with Gasteiger partial charge in [-0.25, -0.2) is 0 Å². The number of carbonyl (C=O) groups excluding carboxylic acids is 3. The van der Waals surface area contributed by atoms with Crippen LogP contribution in [0.1, 0.15) is 31.1 Å². The zero-order valence-electron chi connectivity index (χ0n) is 23.7. The number of ether oxygens (including phenoxy) is 2. The Kier molecular flexibility index (Phi) is 9.14. The van der Waals surface area contributed by atoms with Gasteiger partial charge in [-0.3, -0.25) is 14.4 Å². The van der Waals surface area contributed by atoms with Crippen LogP contribution in [-0.2, 0) is 0 Å². The zero-order chi connectivity index (χ0) is 29.6. The highest BCUT2D eigenvalue weighted by Crippen LogP contribution is 2.31. The van der Waals surface area contributed by atoms with Crippen LogP contribution in [0, 0.1) is 0 Å². The van der Waals surface area contributed by atoms with Crippen LogP contribution in [0.15, 0.2) is 60.7 Å². The van der Waals surface area contributed by atoms with E-state index in [-0.39, 0.29) is 17.7 Å². The van der Waals surface area contributed by atoms with Crippen molar-refractivity contribution in [3.63, 3.8) is 0 Å². The number of nitrogens with zero attached hydrogens (tertiary/aromatic N) is 3. The van der Waals surface area contributed by atoms with Crippen molar-refractivity contribution in [3.8, 4) is 11.5 Å². The standard InChI is InChI=1S/C31H34ClN5O5/c1-41-27-9-7-23(20-28(27)42-2)31(40)37-16-14-35(15-17-37)26-8-6-22(30(39)36-12-10-33-11-13-36)19-25(26)34-29(38)21-4-3-5-24(32)18-21/h3-9,18-20,33H,10-17H2,1-2H3,(H,34,38). The van der Waals surface area contributed by atoms with Gasteiger partial charge in [0.15, 0.2) is 11.5 Å². The van der Waals surface area contributed by atoms with Crippen LogP contribution in [-0.4, -0.2) is 94.1 Å². The summed E-state index contributed by atoms with van der Waals surface area (Å²) in [5.41, 5.74) is 2.74. The molecular weight excluding hydrogens is 558 g/mol. The maximum Gasteiger partial charge on any atom is 0.255 e. The van der Waals surface area contributed by atoms with Crippen LogP contribution in [0.25, 0.3) is 0 Å². The fourth-order valence-electron chi connectivity index (χ4n) is 5.22. The smallest absolute Gasteiger partial charge is 0.255 e. The Morgan fingerprint density at radius 1 is 0.738 bits per heavy atom. The number of hydrogen-bond acceptors (Lipinski definition) is 7. The molecule has 0 radical (unpaired) electrons. The lowest BCUT2D eigenvalue weighted by Gasteiger charge is -2.37. The number of rotatable bonds is 7. The first-order valence-electron chi connectivity index (χ1n) is 13.8. The van der Waals surface area contributed by atoms with Crippen molar-refractivity contribution in [3.05, 3.63) is 82.4 Å². The summed E-state index contributed by atoms with van der Waals surface area (Å²) in [6, 6.07) is 17.3. The van der Waals surface area contributed by atoms with Gasteiger partial charge in [-0.2, -0.15) is 0 Å². The highest BCUT2D eigenvalue weighted by molar-refractivity contribution is 6.31. The Balaban J connectivity index is 1.35. The molecule has 2 aliphatic rings. The summed E-state index contributed by atoms with van der Waals surface area (Å²) >= 11 is 6.12. The van der Waals surface area contributed by atoms with E-state index in [0.29, 0.717) is 78.2 Å². The minimum atomic E-state index is -0.326. The van der Waals surface area contributed by atoms with Crippen molar-refractivity contribution in [1.29, 1.82) is 0 Å². The van der Waals surface area contributed by atoms with Gasteiger partial charge in [0, 0.05) is 74.1 Å². The van der Waals surface area contributed by atoms with E-state index in [2.05, 4.69) is 15.5 Å². The predicted molar refractivity (Wildman–Crippen MR) is 162 cm³/mol. The number of halogens is 1. The van der Waals surface area contributed by atoms with E-state index >= 15 is 0 Å². The molecule has 0 aromatic heterocycles. The van der Waals surface area contributed by atoms with E-state index in [1.54, 1.807) is 66.6 Å². The Hall–Kier alpha value is -4.28. The summed E-state index contributed by atoms with van der Waals surface area (Å²) in [6.45, 7) is 4.80. The van der Waals surface area contributed by atoms with Crippen molar-refractivity contribution in [2.75, 3.05) is 76.8 Å². The van der Waals surface area contributed by atoms with Gasteiger partial charge < -0.3 is 34.8 Å². The van der Waals surface area contributed by atoms with Crippen LogP contribution < -0.4 is 25.0 Å². The first kappa shape index (κ1) is 29.2. The molecule has 2 fully saturated rings. The van der Waals surface area contributed by atoms with Crippen molar-refractivity contribution >= 4 is 40.7 Å². The molecule has 0 spiro atoms. The van der Waals surface area contributed by atoms with Gasteiger partial charge >= 0.3 is 0 Å². The minimum absolute atomic E-state index is 0.0772. The number of piperazine rings is 2. The molecule has 0 unspecified atom stereocenters. The fraction of sp³-hybridized carbons (Fsp3) is 0.323. The summed E-state index contributed by atoms with van der Waals surface area (Å²) in [7, 11) is 3.09. The number of methoxy groups -OCH3 is 2. The molecule has 2 saturated heterocycles. The molecule has 2 aliphatic heterocycles. The summed E-state index contributed by atoms with van der Waals surface area (Å²) < 4.78 is 10.7. The summed E-state index contributed by atoms with van der Waals surface area (Å²) in [6.07, 6.45) is 0. The number of benzene rings is 3. The first-order valence-corrected chi connectivity index (χ1v) is 14.2. The lowest BCUT2D eigenvalue weighted by Crippen LogP contribution is -2.49. The van der Waals surface area contributed by atoms with Crippen molar-refractivity contribution in [2.45, 2.75) is 0 Å². The molecule has 2 N–H and O–H groups in total. The largest absolute Gasteiger partial charge is 0.493 e. The van der Waals surface area contributed by atoms with E-state index in [4.69, 9.17) is 21.1 Å². The molecule has 2 heterocycles. The lowest BCUT2D eigenvalue weighted by atomic mass is 10.1. The van der Waals surface area contributed by atoms with Gasteiger partial charge in [-0.05, 0) is 54.6 Å². The summed E-state index contributed by atoms with van der Waals surface area (Å²) in [5, 5.41) is 6.72. The number of hydrogen-bond donors (Lipinski definition) is 2. The lowest BCUT2D eigenvalue weighted by molar-refractivity contribution is 0.0731. The van der Waals surface area contributed by atoms with Crippen LogP contribution >= 0.6 is 11.6 Å². The maximum atomic E-state index is 13.3. The third-order valence-electron chi connectivity index (χ3n) is 7.52. The highest BCUT2D eigenvalue weighted by atomic mass is 35.5. The van der Waals surface area contributed by atoms with Gasteiger partial charge in [-0.15, -0.1) is 0 Å². The molecule has 5 rings (SSSR count). The second-order valence-electron chi connectivity index (χ2n) is 10.1. The molecule has 0 saturated carbocycles. The molecule has 3 aromatic carbocycles. The molecule has 3 amide bonds. The topological polar surface area (TPSA) is 103 Å². The van der Waals surface area contributed by atoms with Crippen molar-refractivity contribution in [1.82, 2.24) is 15.1 Å². The molecule has 10 nitrogen and oxygen atoms in total. The van der Waals surface area contributed by atoms with Crippen molar-refractivity contribution in [2.24, 2.45) is 0 Å². The third-order valence-corrected chi connectivity index (χ3v) is 7.76. The number of nitrogens with one attached hydrogen (secondary N) is 2. The highest BCUT2D eigenvalue weighted by Gasteiger charge is 2.26. The van der Waals surface area contributed by atoms with Gasteiger partial charge in [0.2, 0.25) is 0 Å². The summed E-state index contributed by atoms with van der Waals surface area (Å²) in [4.78, 5) is 45.5. The quantitative estimate of drug-likeness (QED) is 0.433. The van der Waals surface area contributed by atoms with E-state index in [1.807, 2.05) is 11.0 Å². The molecule has 42 heavy (non-hydrogen) atoms. The normalized spacial score (nSPS) is 15.3. The molecule has 0 atom stereocenters. The number of carbonyl (C=O) groups is 3. The predicted octanol–water partition coefficient (Wildman–Crippen LogP) is 3.62. The second kappa shape index (κ2) is 13.1. The Bertz CT molecular complexity index is 1470. The van der Waals surface area contributed by atoms with E-state index in [1.165, 1.54) is 7.11 Å². The zero-order valence-corrected chi connectivity index (χ0v) is 24.4. The molecule has 3 aromatic rings. The fourth-order valence-corrected chi connectivity index (χ4v) is 5.41. The van der Waals surface area contributed by atoms with Crippen LogP contribution in [0.2, 0.25) is 5.02 Å². The summed E-state index contributed by atoms with van der Waals surface area (Å²) in [5.74, 6) is 0.559. The van der Waals surface area contributed by atoms with Gasteiger partial charge in [-0.1, -0.05) is 17.7 Å². The van der Waals surface area contributed by atoms with Gasteiger partial charge in [0.25, 0.3) is 17.7 Å². The van der Waals surface area contributed by atoms with Crippen LogP contribution in [0.3, 0.4) is 0 Å². The maximum absolute atomic E-state index is 13.3. The SMILES string of the molecule is COc1ccc(C(=O)N2CCN(c3ccc(C(=O)N4CCNCC4)cc3NC(=O)c3cccc(Cl)c3)CC2)cc1OC. The van der Waals surface area contributed by atoms with Gasteiger partial charge in [0.1, 0.15) is 0 Å². The second-order valence-corrected chi connectivity index (χ2v) is 10.5. The number of anilines is 2. The molecule has 0 aliphatic carbocycles. The molecule has 220 valence electrons. The van der Waals surface area contributed by atoms with Crippen LogP contribution in [0.4, 0.5) is 11.4 Å². The Morgan fingerprint density at radius 2 is 1.38 bits per heavy atom. The van der Waals surface area contributed by atoms with Gasteiger partial charge in [0.05, 0.1) is 25.6 Å². The van der Waals surface area contributed by atoms with E-state index < -0.39 is 0 Å². The molecular formula is C31H34ClN5O5. The minimum Gasteiger partial charge on any atom is -0.493 e. The Labute approximate surface area is 250 Å². The average Bonchev–Trinajstić information content (AvgIpc) is 3.04. The van der Waals surface area contributed by atoms with E-state index in [9.17, 15) is 14.4 Å². The first-order chi connectivity index (χ1) is 20.4. The number of amides is 3. The average molecular weight is 592 g/mol. The molecule has 0 bridgehead atoms. The van der Waals surface area contributed by atoms with Crippen LogP contribution in [0.5, 0.6) is 11.5 Å². The third kappa shape index (κ3) is 6.45.